The molecule has 0 unspecified atom stereocenters. The molecule has 26 heavy (non-hydrogen) atoms. The lowest BCUT2D eigenvalue weighted by Crippen LogP contribution is -2.43. The van der Waals surface area contributed by atoms with Crippen molar-refractivity contribution in [2.24, 2.45) is 0 Å². The largest absolute Gasteiger partial charge is 0.486 e. The molecule has 2 aliphatic heterocycles. The summed E-state index contributed by atoms with van der Waals surface area (Å²) in [4.78, 5) is 0. The first-order chi connectivity index (χ1) is 12.9. The number of benzene rings is 2. The Balaban J connectivity index is 1.10. The molecule has 0 saturated heterocycles. The molecule has 2 atom stereocenters. The summed E-state index contributed by atoms with van der Waals surface area (Å²) in [6.07, 6.45) is 0.0768. The quantitative estimate of drug-likeness (QED) is 0.739. The fourth-order valence-corrected chi connectivity index (χ4v) is 3.03. The fourth-order valence-electron chi connectivity index (χ4n) is 3.03. The summed E-state index contributed by atoms with van der Waals surface area (Å²) in [7, 11) is 0. The topological polar surface area (TPSA) is 61.0 Å². The van der Waals surface area contributed by atoms with Crippen molar-refractivity contribution >= 4 is 0 Å². The van der Waals surface area contributed by atoms with Gasteiger partial charge in [-0.25, -0.2) is 0 Å². The van der Waals surface area contributed by atoms with Crippen molar-refractivity contribution in [1.82, 2.24) is 10.6 Å². The van der Waals surface area contributed by atoms with Crippen LogP contribution in [0.1, 0.15) is 0 Å². The van der Waals surface area contributed by atoms with Gasteiger partial charge in [-0.2, -0.15) is 0 Å². The van der Waals surface area contributed by atoms with E-state index in [1.54, 1.807) is 0 Å². The second kappa shape index (κ2) is 8.29. The van der Waals surface area contributed by atoms with Crippen LogP contribution in [-0.4, -0.2) is 51.6 Å². The zero-order chi connectivity index (χ0) is 17.6. The molecule has 2 aromatic rings. The maximum atomic E-state index is 5.92. The van der Waals surface area contributed by atoms with Crippen LogP contribution in [0.4, 0.5) is 0 Å². The molecule has 0 bridgehead atoms. The minimum atomic E-state index is 0.0384. The molecule has 0 spiro atoms. The van der Waals surface area contributed by atoms with E-state index in [0.717, 1.165) is 49.2 Å². The Bertz CT molecular complexity index is 663. The smallest absolute Gasteiger partial charge is 0.161 e. The van der Waals surface area contributed by atoms with E-state index < -0.39 is 0 Å². The first-order valence-corrected chi connectivity index (χ1v) is 9.07. The number of ether oxygens (including phenoxy) is 4. The fraction of sp³-hybridized carbons (Fsp3) is 0.400. The number of hydrogen-bond acceptors (Lipinski definition) is 6. The average molecular weight is 356 g/mol. The molecule has 138 valence electrons. The van der Waals surface area contributed by atoms with Crippen molar-refractivity contribution in [2.75, 3.05) is 39.4 Å². The third-order valence-electron chi connectivity index (χ3n) is 4.36. The minimum Gasteiger partial charge on any atom is -0.486 e. The average Bonchev–Trinajstić information content (AvgIpc) is 2.70. The van der Waals surface area contributed by atoms with Gasteiger partial charge < -0.3 is 29.6 Å². The van der Waals surface area contributed by atoms with Crippen LogP contribution in [0.25, 0.3) is 0 Å². The minimum absolute atomic E-state index is 0.0384. The van der Waals surface area contributed by atoms with Crippen LogP contribution < -0.4 is 29.6 Å². The van der Waals surface area contributed by atoms with Crippen LogP contribution in [0, 0.1) is 0 Å². The van der Waals surface area contributed by atoms with Gasteiger partial charge in [-0.1, -0.05) is 24.3 Å². The Morgan fingerprint density at radius 3 is 1.54 bits per heavy atom. The van der Waals surface area contributed by atoms with Crippen LogP contribution >= 0.6 is 0 Å². The van der Waals surface area contributed by atoms with Gasteiger partial charge >= 0.3 is 0 Å². The Kier molecular flexibility index (Phi) is 5.42. The van der Waals surface area contributed by atoms with E-state index in [9.17, 15) is 0 Å². The van der Waals surface area contributed by atoms with Crippen LogP contribution in [-0.2, 0) is 0 Å². The van der Waals surface area contributed by atoms with Crippen LogP contribution in [0.5, 0.6) is 23.0 Å². The normalized spacial score (nSPS) is 20.6. The molecule has 4 rings (SSSR count). The lowest BCUT2D eigenvalue weighted by molar-refractivity contribution is 0.0880. The predicted octanol–water partition coefficient (Wildman–Crippen LogP) is 1.85. The van der Waals surface area contributed by atoms with Crippen molar-refractivity contribution in [1.29, 1.82) is 0 Å². The summed E-state index contributed by atoms with van der Waals surface area (Å²) < 4.78 is 23.3. The second-order valence-electron chi connectivity index (χ2n) is 6.40. The van der Waals surface area contributed by atoms with Crippen molar-refractivity contribution in [3.05, 3.63) is 48.5 Å². The van der Waals surface area contributed by atoms with Crippen molar-refractivity contribution in [3.8, 4) is 23.0 Å². The van der Waals surface area contributed by atoms with E-state index >= 15 is 0 Å². The summed E-state index contributed by atoms with van der Waals surface area (Å²) in [5, 5.41) is 6.80. The number of fused-ring (bicyclic) bond motifs is 2. The lowest BCUT2D eigenvalue weighted by Gasteiger charge is -2.27. The van der Waals surface area contributed by atoms with Gasteiger partial charge in [0.2, 0.25) is 0 Å². The van der Waals surface area contributed by atoms with Gasteiger partial charge in [0.05, 0.1) is 0 Å². The highest BCUT2D eigenvalue weighted by Crippen LogP contribution is 2.31. The van der Waals surface area contributed by atoms with Gasteiger partial charge in [-0.3, -0.25) is 0 Å². The maximum absolute atomic E-state index is 5.92. The SMILES string of the molecule is c1ccc2c(c1)OC[C@H](CNCCNC[C@H]1COc3ccccc3O1)O2. The molecule has 2 aromatic carbocycles. The van der Waals surface area contributed by atoms with Gasteiger partial charge in [-0.05, 0) is 24.3 Å². The number of rotatable bonds is 7. The summed E-state index contributed by atoms with van der Waals surface area (Å²) in [6, 6.07) is 15.5. The van der Waals surface area contributed by atoms with Crippen molar-refractivity contribution < 1.29 is 18.9 Å². The highest BCUT2D eigenvalue weighted by atomic mass is 16.6. The molecule has 0 aliphatic carbocycles. The molecule has 0 radical (unpaired) electrons. The number of para-hydroxylation sites is 4. The first kappa shape index (κ1) is 17.0. The molecule has 6 nitrogen and oxygen atoms in total. The zero-order valence-electron chi connectivity index (χ0n) is 14.6. The van der Waals surface area contributed by atoms with Gasteiger partial charge in [-0.15, -0.1) is 0 Å². The van der Waals surface area contributed by atoms with E-state index in [0.29, 0.717) is 13.2 Å². The molecule has 0 aromatic heterocycles. The number of nitrogens with one attached hydrogen (secondary N) is 2. The molecule has 2 heterocycles. The maximum Gasteiger partial charge on any atom is 0.161 e. The van der Waals surface area contributed by atoms with Gasteiger partial charge in [0.25, 0.3) is 0 Å². The van der Waals surface area contributed by atoms with E-state index in [1.165, 1.54) is 0 Å². The third kappa shape index (κ3) is 4.20. The highest BCUT2D eigenvalue weighted by molar-refractivity contribution is 5.41. The standard InChI is InChI=1S/C20H24N2O4/c1-3-7-19-17(5-1)23-13-15(25-19)11-21-9-10-22-12-16-14-24-18-6-2-4-8-20(18)26-16/h1-8,15-16,21-22H,9-14H2/t15-,16-/m0/s1. The molecule has 0 fully saturated rings. The van der Waals surface area contributed by atoms with Crippen molar-refractivity contribution in [3.63, 3.8) is 0 Å². The first-order valence-electron chi connectivity index (χ1n) is 9.07. The molecule has 6 heteroatoms. The monoisotopic (exact) mass is 356 g/mol. The lowest BCUT2D eigenvalue weighted by atomic mass is 10.2. The molecule has 2 aliphatic rings. The molecule has 0 amide bonds. The molecular weight excluding hydrogens is 332 g/mol. The summed E-state index contributed by atoms with van der Waals surface area (Å²) in [5.41, 5.74) is 0. The Morgan fingerprint density at radius 1 is 0.654 bits per heavy atom. The molecular formula is C20H24N2O4. The Labute approximate surface area is 153 Å². The van der Waals surface area contributed by atoms with Crippen LogP contribution in [0.15, 0.2) is 48.5 Å². The summed E-state index contributed by atoms with van der Waals surface area (Å²) >= 11 is 0. The van der Waals surface area contributed by atoms with E-state index in [2.05, 4.69) is 10.6 Å². The highest BCUT2D eigenvalue weighted by Gasteiger charge is 2.21. The third-order valence-corrected chi connectivity index (χ3v) is 4.36. The molecule has 0 saturated carbocycles. The van der Waals surface area contributed by atoms with Gasteiger partial charge in [0.1, 0.15) is 25.4 Å². The van der Waals surface area contributed by atoms with Crippen LogP contribution in [0.3, 0.4) is 0 Å². The predicted molar refractivity (Wildman–Crippen MR) is 98.4 cm³/mol. The Hall–Kier alpha value is -2.44. The van der Waals surface area contributed by atoms with E-state index in [4.69, 9.17) is 18.9 Å². The Morgan fingerprint density at radius 2 is 1.08 bits per heavy atom. The van der Waals surface area contributed by atoms with Crippen LogP contribution in [0.2, 0.25) is 0 Å². The van der Waals surface area contributed by atoms with Gasteiger partial charge in [0.15, 0.2) is 23.0 Å². The zero-order valence-corrected chi connectivity index (χ0v) is 14.6. The van der Waals surface area contributed by atoms with E-state index in [1.807, 2.05) is 48.5 Å². The number of hydrogen-bond donors (Lipinski definition) is 2. The second-order valence-corrected chi connectivity index (χ2v) is 6.40. The van der Waals surface area contributed by atoms with Gasteiger partial charge in [0, 0.05) is 26.2 Å². The van der Waals surface area contributed by atoms with E-state index in [-0.39, 0.29) is 12.2 Å². The van der Waals surface area contributed by atoms with Crippen molar-refractivity contribution in [2.45, 2.75) is 12.2 Å². The summed E-state index contributed by atoms with van der Waals surface area (Å²) in [6.45, 7) is 4.37. The summed E-state index contributed by atoms with van der Waals surface area (Å²) in [5.74, 6) is 3.28. The molecule has 2 N–H and O–H groups in total.